The van der Waals surface area contributed by atoms with E-state index in [-0.39, 0.29) is 35.7 Å². The van der Waals surface area contributed by atoms with Crippen molar-refractivity contribution in [3.05, 3.63) is 77.6 Å². The molecule has 3 aromatic rings. The van der Waals surface area contributed by atoms with Gasteiger partial charge in [0.15, 0.2) is 11.4 Å². The number of ether oxygens (including phenoxy) is 4. The Hall–Kier alpha value is -4.60. The molecule has 212 valence electrons. The van der Waals surface area contributed by atoms with Gasteiger partial charge in [0.25, 0.3) is 5.91 Å². The van der Waals surface area contributed by atoms with Crippen LogP contribution in [-0.2, 0) is 9.59 Å². The summed E-state index contributed by atoms with van der Waals surface area (Å²) >= 11 is 0. The molecule has 0 aliphatic rings. The van der Waals surface area contributed by atoms with E-state index in [2.05, 4.69) is 15.6 Å². The lowest BCUT2D eigenvalue weighted by Crippen LogP contribution is -2.43. The minimum Gasteiger partial charge on any atom is -0.497 e. The fourth-order valence-corrected chi connectivity index (χ4v) is 4.09. The molecule has 10 nitrogen and oxygen atoms in total. The normalized spacial score (nSPS) is 11.5. The Bertz CT molecular complexity index is 1260. The van der Waals surface area contributed by atoms with Gasteiger partial charge in [-0.05, 0) is 42.3 Å². The number of rotatable bonds is 12. The molecule has 40 heavy (non-hydrogen) atoms. The van der Waals surface area contributed by atoms with Crippen molar-refractivity contribution in [2.75, 3.05) is 27.9 Å². The van der Waals surface area contributed by atoms with E-state index < -0.39 is 23.7 Å². The van der Waals surface area contributed by atoms with Crippen molar-refractivity contribution in [1.29, 1.82) is 0 Å². The molecular formula is C30H35N3O7. The summed E-state index contributed by atoms with van der Waals surface area (Å²) in [5.41, 5.74) is 1.78. The van der Waals surface area contributed by atoms with Crippen LogP contribution in [0.3, 0.4) is 0 Å². The number of nitrogens with one attached hydrogen (secondary N) is 2. The first-order chi connectivity index (χ1) is 19.2. The quantitative estimate of drug-likeness (QED) is 0.328. The maximum atomic E-state index is 12.9. The van der Waals surface area contributed by atoms with Crippen molar-refractivity contribution in [1.82, 2.24) is 15.6 Å². The van der Waals surface area contributed by atoms with Gasteiger partial charge in [0.2, 0.25) is 11.7 Å². The molecule has 0 spiro atoms. The number of carbonyl (C=O) groups excluding carboxylic acids is 3. The maximum absolute atomic E-state index is 12.9. The zero-order valence-electron chi connectivity index (χ0n) is 23.5. The maximum Gasteiger partial charge on any atom is 0.313 e. The van der Waals surface area contributed by atoms with Crippen LogP contribution < -0.4 is 29.6 Å². The Kier molecular flexibility index (Phi) is 10.5. The number of nitrogens with zero attached hydrogens (tertiary/aromatic N) is 1. The van der Waals surface area contributed by atoms with Crippen LogP contribution in [0.1, 0.15) is 48.3 Å². The van der Waals surface area contributed by atoms with Crippen LogP contribution in [0.25, 0.3) is 0 Å². The van der Waals surface area contributed by atoms with Crippen LogP contribution in [-0.4, -0.2) is 56.7 Å². The van der Waals surface area contributed by atoms with Gasteiger partial charge in [0.05, 0.1) is 33.8 Å². The molecule has 1 aromatic heterocycles. The highest BCUT2D eigenvalue weighted by atomic mass is 16.6. The Morgan fingerprint density at radius 3 is 1.82 bits per heavy atom. The van der Waals surface area contributed by atoms with E-state index in [1.807, 2.05) is 55.5 Å². The van der Waals surface area contributed by atoms with Gasteiger partial charge in [0.1, 0.15) is 11.5 Å². The van der Waals surface area contributed by atoms with Gasteiger partial charge in [-0.3, -0.25) is 14.4 Å². The molecule has 2 N–H and O–H groups in total. The summed E-state index contributed by atoms with van der Waals surface area (Å²) in [5.74, 6) is -0.747. The van der Waals surface area contributed by atoms with Gasteiger partial charge in [-0.15, -0.1) is 0 Å². The summed E-state index contributed by atoms with van der Waals surface area (Å²) in [4.78, 5) is 42.1. The number of aromatic nitrogens is 1. The molecule has 10 heteroatoms. The highest BCUT2D eigenvalue weighted by Crippen LogP contribution is 2.32. The average Bonchev–Trinajstić information content (AvgIpc) is 2.96. The number of hydrogen-bond donors (Lipinski definition) is 2. The number of carbonyl (C=O) groups is 3. The first-order valence-electron chi connectivity index (χ1n) is 12.8. The van der Waals surface area contributed by atoms with Crippen molar-refractivity contribution in [2.45, 2.75) is 32.7 Å². The topological polar surface area (TPSA) is 125 Å². The highest BCUT2D eigenvalue weighted by Gasteiger charge is 2.26. The van der Waals surface area contributed by atoms with E-state index in [0.29, 0.717) is 0 Å². The third-order valence-corrected chi connectivity index (χ3v) is 6.23. The van der Waals surface area contributed by atoms with Crippen LogP contribution >= 0.6 is 0 Å². The molecule has 1 heterocycles. The third-order valence-electron chi connectivity index (χ3n) is 6.23. The molecule has 0 fully saturated rings. The Balaban J connectivity index is 1.75. The molecule has 0 aliphatic heterocycles. The number of esters is 1. The van der Waals surface area contributed by atoms with Gasteiger partial charge < -0.3 is 29.6 Å². The summed E-state index contributed by atoms with van der Waals surface area (Å²) in [5, 5.41) is 5.53. The smallest absolute Gasteiger partial charge is 0.313 e. The van der Waals surface area contributed by atoms with Crippen molar-refractivity contribution >= 4 is 17.8 Å². The molecule has 2 amide bonds. The third kappa shape index (κ3) is 7.49. The molecule has 1 atom stereocenters. The molecule has 3 rings (SSSR count). The summed E-state index contributed by atoms with van der Waals surface area (Å²) in [6.45, 7) is 4.91. The van der Waals surface area contributed by atoms with Gasteiger partial charge >= 0.3 is 5.97 Å². The van der Waals surface area contributed by atoms with Gasteiger partial charge in [0, 0.05) is 24.2 Å². The summed E-state index contributed by atoms with van der Waals surface area (Å²) in [6, 6.07) is 16.4. The van der Waals surface area contributed by atoms with Crippen LogP contribution in [0.15, 0.2) is 60.8 Å². The summed E-state index contributed by atoms with van der Waals surface area (Å²) in [7, 11) is 4.59. The number of benzene rings is 2. The predicted octanol–water partition coefficient (Wildman–Crippen LogP) is 3.74. The Morgan fingerprint density at radius 1 is 0.800 bits per heavy atom. The molecule has 2 aromatic carbocycles. The first kappa shape index (κ1) is 29.9. The second-order valence-corrected chi connectivity index (χ2v) is 9.33. The number of hydrogen-bond acceptors (Lipinski definition) is 8. The summed E-state index contributed by atoms with van der Waals surface area (Å²) in [6.07, 6.45) is 1.36. The zero-order valence-corrected chi connectivity index (χ0v) is 23.5. The average molecular weight is 550 g/mol. The first-order valence-corrected chi connectivity index (χ1v) is 12.8. The lowest BCUT2D eigenvalue weighted by Gasteiger charge is -2.26. The molecule has 0 aliphatic carbocycles. The predicted molar refractivity (Wildman–Crippen MR) is 149 cm³/mol. The number of methoxy groups -OCH3 is 3. The van der Waals surface area contributed by atoms with E-state index in [1.165, 1.54) is 19.4 Å². The lowest BCUT2D eigenvalue weighted by molar-refractivity contribution is -0.137. The van der Waals surface area contributed by atoms with Crippen molar-refractivity contribution in [3.8, 4) is 23.0 Å². The minimum absolute atomic E-state index is 0.103. The SMILES string of the molecule is COc1ccc(C(c2ccc(OC)cc2)[C@H](C)NC(=O)CNC(=O)c2nccc(OC)c2OC(=O)C(C)C)cc1. The second kappa shape index (κ2) is 14.0. The van der Waals surface area contributed by atoms with Crippen molar-refractivity contribution in [2.24, 2.45) is 5.92 Å². The molecular weight excluding hydrogens is 514 g/mol. The van der Waals surface area contributed by atoms with E-state index in [1.54, 1.807) is 28.1 Å². The standard InChI is InChI=1S/C30H35N3O7/c1-18(2)30(36)40-28-24(39-6)15-16-31-27(28)29(35)32-17-25(34)33-19(3)26(20-7-11-22(37-4)12-8-20)21-9-13-23(38-5)14-10-21/h7-16,18-19,26H,17H2,1-6H3,(H,32,35)(H,33,34)/t19-/m0/s1. The minimum atomic E-state index is -0.685. The lowest BCUT2D eigenvalue weighted by atomic mass is 9.85. The highest BCUT2D eigenvalue weighted by molar-refractivity contribution is 5.98. The number of amides is 2. The van der Waals surface area contributed by atoms with Crippen molar-refractivity contribution < 1.29 is 33.3 Å². The fraction of sp³-hybridized carbons (Fsp3) is 0.333. The largest absolute Gasteiger partial charge is 0.497 e. The Labute approximate surface area is 234 Å². The second-order valence-electron chi connectivity index (χ2n) is 9.33. The van der Waals surface area contributed by atoms with Crippen molar-refractivity contribution in [3.63, 3.8) is 0 Å². The van der Waals surface area contributed by atoms with Crippen LogP contribution in [0.5, 0.6) is 23.0 Å². The Morgan fingerprint density at radius 2 is 1.35 bits per heavy atom. The van der Waals surface area contributed by atoms with E-state index in [0.717, 1.165) is 22.6 Å². The molecule has 0 unspecified atom stereocenters. The van der Waals surface area contributed by atoms with Crippen LogP contribution in [0.4, 0.5) is 0 Å². The van der Waals surface area contributed by atoms with Crippen LogP contribution in [0.2, 0.25) is 0 Å². The van der Waals surface area contributed by atoms with Gasteiger partial charge in [-0.2, -0.15) is 0 Å². The molecule has 0 saturated heterocycles. The van der Waals surface area contributed by atoms with Gasteiger partial charge in [-0.25, -0.2) is 4.98 Å². The van der Waals surface area contributed by atoms with Crippen LogP contribution in [0, 0.1) is 5.92 Å². The number of pyridine rings is 1. The van der Waals surface area contributed by atoms with E-state index in [9.17, 15) is 14.4 Å². The van der Waals surface area contributed by atoms with Gasteiger partial charge in [-0.1, -0.05) is 38.1 Å². The monoisotopic (exact) mass is 549 g/mol. The molecule has 0 saturated carbocycles. The van der Waals surface area contributed by atoms with E-state index >= 15 is 0 Å². The zero-order chi connectivity index (χ0) is 29.2. The molecule has 0 bridgehead atoms. The molecule has 0 radical (unpaired) electrons. The summed E-state index contributed by atoms with van der Waals surface area (Å²) < 4.78 is 21.2. The fourth-order valence-electron chi connectivity index (χ4n) is 4.09. The van der Waals surface area contributed by atoms with E-state index in [4.69, 9.17) is 18.9 Å².